The summed E-state index contributed by atoms with van der Waals surface area (Å²) in [5.41, 5.74) is 2.17. The fourth-order valence-electron chi connectivity index (χ4n) is 3.42. The molecule has 1 amide bonds. The number of carbonyl (C=O) groups excluding carboxylic acids is 1. The molecule has 1 fully saturated rings. The van der Waals surface area contributed by atoms with Crippen molar-refractivity contribution in [1.82, 2.24) is 14.7 Å². The van der Waals surface area contributed by atoms with Crippen molar-refractivity contribution in [3.05, 3.63) is 81.1 Å². The smallest absolute Gasteiger partial charge is 0.292 e. The van der Waals surface area contributed by atoms with Gasteiger partial charge in [0, 0.05) is 44.0 Å². The Hall–Kier alpha value is -3.20. The highest BCUT2D eigenvalue weighted by molar-refractivity contribution is 9.10. The minimum absolute atomic E-state index is 0.0413. The molecule has 0 aliphatic carbocycles. The van der Waals surface area contributed by atoms with Crippen molar-refractivity contribution in [3.8, 4) is 5.69 Å². The lowest BCUT2D eigenvalue weighted by Gasteiger charge is -2.35. The summed E-state index contributed by atoms with van der Waals surface area (Å²) in [7, 11) is 0. The third kappa shape index (κ3) is 4.00. The van der Waals surface area contributed by atoms with Gasteiger partial charge in [-0.2, -0.15) is 5.10 Å². The highest BCUT2D eigenvalue weighted by Gasteiger charge is 2.26. The Morgan fingerprint density at radius 1 is 1.03 bits per heavy atom. The molecule has 3 aromatic rings. The van der Waals surface area contributed by atoms with E-state index in [0.29, 0.717) is 37.4 Å². The normalized spacial score (nSPS) is 14.1. The molecule has 0 bridgehead atoms. The van der Waals surface area contributed by atoms with Crippen LogP contribution in [0.5, 0.6) is 0 Å². The van der Waals surface area contributed by atoms with Crippen LogP contribution < -0.4 is 4.90 Å². The molecule has 1 aromatic heterocycles. The summed E-state index contributed by atoms with van der Waals surface area (Å²) in [6.45, 7) is 2.13. The van der Waals surface area contributed by atoms with Crippen LogP contribution in [-0.4, -0.2) is 51.7 Å². The number of rotatable bonds is 4. The molecule has 4 rings (SSSR count). The van der Waals surface area contributed by atoms with Crippen molar-refractivity contribution in [2.45, 2.75) is 0 Å². The van der Waals surface area contributed by atoms with Gasteiger partial charge in [-0.05, 0) is 46.3 Å². The fourth-order valence-corrected chi connectivity index (χ4v) is 3.70. The van der Waals surface area contributed by atoms with E-state index in [2.05, 4.69) is 21.0 Å². The maximum atomic E-state index is 12.8. The van der Waals surface area contributed by atoms with Crippen LogP contribution in [0.1, 0.15) is 10.4 Å². The fraction of sp³-hybridized carbons (Fsp3) is 0.200. The molecule has 1 saturated heterocycles. The zero-order valence-electron chi connectivity index (χ0n) is 15.4. The molecule has 8 nitrogen and oxygen atoms in total. The van der Waals surface area contributed by atoms with Gasteiger partial charge in [-0.15, -0.1) is 0 Å². The predicted octanol–water partition coefficient (Wildman–Crippen LogP) is 3.51. The second-order valence-electron chi connectivity index (χ2n) is 6.68. The van der Waals surface area contributed by atoms with E-state index in [0.717, 1.165) is 10.2 Å². The highest BCUT2D eigenvalue weighted by Crippen LogP contribution is 2.28. The number of benzene rings is 2. The molecule has 2 heterocycles. The second kappa shape index (κ2) is 8.04. The first-order valence-electron chi connectivity index (χ1n) is 9.11. The van der Waals surface area contributed by atoms with Gasteiger partial charge < -0.3 is 9.80 Å². The molecule has 0 saturated carbocycles. The molecule has 1 aliphatic rings. The van der Waals surface area contributed by atoms with Crippen LogP contribution in [0.15, 0.2) is 65.4 Å². The maximum Gasteiger partial charge on any atom is 0.292 e. The standard InChI is InChI=1S/C20H18BrN5O3/c21-16-13-22-25(14-16)17-7-5-15(6-8-17)20(27)24-11-9-23(10-12-24)18-3-1-2-4-19(18)26(28)29/h1-8,13-14H,9-12H2. The van der Waals surface area contributed by atoms with E-state index in [1.54, 1.807) is 46.1 Å². The van der Waals surface area contributed by atoms with E-state index < -0.39 is 0 Å². The van der Waals surface area contributed by atoms with Crippen molar-refractivity contribution in [2.75, 3.05) is 31.1 Å². The van der Waals surface area contributed by atoms with Crippen LogP contribution in [0.25, 0.3) is 5.69 Å². The van der Waals surface area contributed by atoms with Crippen LogP contribution in [0.4, 0.5) is 11.4 Å². The molecule has 0 spiro atoms. The van der Waals surface area contributed by atoms with Crippen LogP contribution in [0, 0.1) is 10.1 Å². The van der Waals surface area contributed by atoms with Gasteiger partial charge in [0.25, 0.3) is 11.6 Å². The lowest BCUT2D eigenvalue weighted by atomic mass is 10.1. The third-order valence-electron chi connectivity index (χ3n) is 4.92. The Balaban J connectivity index is 1.42. The summed E-state index contributed by atoms with van der Waals surface area (Å²) in [6.07, 6.45) is 3.55. The summed E-state index contributed by atoms with van der Waals surface area (Å²) in [6, 6.07) is 14.0. The topological polar surface area (TPSA) is 84.5 Å². The van der Waals surface area contributed by atoms with Gasteiger partial charge in [0.2, 0.25) is 0 Å². The summed E-state index contributed by atoms with van der Waals surface area (Å²) >= 11 is 3.37. The van der Waals surface area contributed by atoms with E-state index in [-0.39, 0.29) is 16.5 Å². The molecular weight excluding hydrogens is 438 g/mol. The average Bonchev–Trinajstić information content (AvgIpc) is 3.20. The van der Waals surface area contributed by atoms with Gasteiger partial charge >= 0.3 is 0 Å². The first-order chi connectivity index (χ1) is 14.0. The first-order valence-corrected chi connectivity index (χ1v) is 9.90. The van der Waals surface area contributed by atoms with Gasteiger partial charge in [0.15, 0.2) is 0 Å². The number of nitro benzene ring substituents is 1. The highest BCUT2D eigenvalue weighted by atomic mass is 79.9. The third-order valence-corrected chi connectivity index (χ3v) is 5.33. The average molecular weight is 456 g/mol. The first kappa shape index (κ1) is 19.1. The number of nitro groups is 1. The molecule has 148 valence electrons. The minimum atomic E-state index is -0.368. The number of piperazine rings is 1. The molecule has 29 heavy (non-hydrogen) atoms. The van der Waals surface area contributed by atoms with Crippen LogP contribution in [0.3, 0.4) is 0 Å². The van der Waals surface area contributed by atoms with E-state index in [4.69, 9.17) is 0 Å². The number of aromatic nitrogens is 2. The summed E-state index contributed by atoms with van der Waals surface area (Å²) in [5.74, 6) is -0.0413. The Labute approximate surface area is 175 Å². The lowest BCUT2D eigenvalue weighted by molar-refractivity contribution is -0.384. The zero-order valence-corrected chi connectivity index (χ0v) is 17.0. The van der Waals surface area contributed by atoms with Crippen molar-refractivity contribution in [3.63, 3.8) is 0 Å². The number of halogens is 1. The number of nitrogens with zero attached hydrogens (tertiary/aromatic N) is 5. The molecule has 0 atom stereocenters. The molecular formula is C20H18BrN5O3. The van der Waals surface area contributed by atoms with Crippen LogP contribution in [-0.2, 0) is 0 Å². The minimum Gasteiger partial charge on any atom is -0.362 e. The predicted molar refractivity (Wildman–Crippen MR) is 112 cm³/mol. The number of carbonyl (C=O) groups is 1. The number of hydrogen-bond donors (Lipinski definition) is 0. The second-order valence-corrected chi connectivity index (χ2v) is 7.59. The van der Waals surface area contributed by atoms with Crippen molar-refractivity contribution in [1.29, 1.82) is 0 Å². The Morgan fingerprint density at radius 3 is 2.34 bits per heavy atom. The Morgan fingerprint density at radius 2 is 1.72 bits per heavy atom. The van der Waals surface area contributed by atoms with Crippen molar-refractivity contribution in [2.24, 2.45) is 0 Å². The number of anilines is 1. The molecule has 1 aliphatic heterocycles. The van der Waals surface area contributed by atoms with Gasteiger partial charge in [-0.3, -0.25) is 14.9 Å². The van der Waals surface area contributed by atoms with E-state index in [9.17, 15) is 14.9 Å². The number of hydrogen-bond acceptors (Lipinski definition) is 5. The molecule has 2 aromatic carbocycles. The molecule has 9 heteroatoms. The van der Waals surface area contributed by atoms with Gasteiger partial charge in [-0.1, -0.05) is 12.1 Å². The van der Waals surface area contributed by atoms with Crippen molar-refractivity contribution < 1.29 is 9.72 Å². The van der Waals surface area contributed by atoms with E-state index in [1.165, 1.54) is 6.07 Å². The van der Waals surface area contributed by atoms with Gasteiger partial charge in [-0.25, -0.2) is 4.68 Å². The quantitative estimate of drug-likeness (QED) is 0.443. The number of amides is 1. The maximum absolute atomic E-state index is 12.8. The lowest BCUT2D eigenvalue weighted by Crippen LogP contribution is -2.48. The monoisotopic (exact) mass is 455 g/mol. The Bertz CT molecular complexity index is 1040. The van der Waals surface area contributed by atoms with Crippen LogP contribution in [0.2, 0.25) is 0 Å². The van der Waals surface area contributed by atoms with Crippen LogP contribution >= 0.6 is 15.9 Å². The van der Waals surface area contributed by atoms with Crippen molar-refractivity contribution >= 4 is 33.2 Å². The summed E-state index contributed by atoms with van der Waals surface area (Å²) in [5, 5.41) is 15.5. The molecule has 0 radical (unpaired) electrons. The van der Waals surface area contributed by atoms with E-state index >= 15 is 0 Å². The largest absolute Gasteiger partial charge is 0.362 e. The molecule has 0 unspecified atom stereocenters. The van der Waals surface area contributed by atoms with E-state index in [1.807, 2.05) is 23.2 Å². The summed E-state index contributed by atoms with van der Waals surface area (Å²) in [4.78, 5) is 27.5. The zero-order chi connectivity index (χ0) is 20.4. The SMILES string of the molecule is O=C(c1ccc(-n2cc(Br)cn2)cc1)N1CCN(c2ccccc2[N+](=O)[O-])CC1. The molecule has 0 N–H and O–H groups in total. The Kier molecular flexibility index (Phi) is 5.30. The number of para-hydroxylation sites is 2. The summed E-state index contributed by atoms with van der Waals surface area (Å²) < 4.78 is 2.61. The van der Waals surface area contributed by atoms with Gasteiger partial charge in [0.1, 0.15) is 5.69 Å². The van der Waals surface area contributed by atoms with Gasteiger partial charge in [0.05, 0.1) is 21.3 Å².